The number of benzene rings is 1. The second-order valence-electron chi connectivity index (χ2n) is 11.5. The molecule has 0 radical (unpaired) electrons. The Labute approximate surface area is 189 Å². The van der Waals surface area contributed by atoms with E-state index in [-0.39, 0.29) is 35.2 Å². The highest BCUT2D eigenvalue weighted by Gasteiger charge is 2.53. The van der Waals surface area contributed by atoms with Gasteiger partial charge in [0.15, 0.2) is 0 Å². The zero-order valence-corrected chi connectivity index (χ0v) is 20.7. The lowest BCUT2D eigenvalue weighted by molar-refractivity contribution is -0.122. The number of carbonyl (C=O) groups excluding carboxylic acids is 1. The minimum absolute atomic E-state index is 0.0428. The van der Waals surface area contributed by atoms with E-state index < -0.39 is 0 Å². The molecule has 2 saturated heterocycles. The molecule has 0 saturated carbocycles. The summed E-state index contributed by atoms with van der Waals surface area (Å²) in [4.78, 5) is 14.7. The van der Waals surface area contributed by atoms with E-state index >= 15 is 0 Å². The molecule has 1 amide bonds. The summed E-state index contributed by atoms with van der Waals surface area (Å²) in [5, 5.41) is 3.35. The largest absolute Gasteiger partial charge is 0.457 e. The van der Waals surface area contributed by atoms with Crippen LogP contribution in [0, 0.1) is 5.41 Å². The molecule has 2 aliphatic rings. The Bertz CT molecular complexity index is 759. The lowest BCUT2D eigenvalue weighted by atomic mass is 9.71. The van der Waals surface area contributed by atoms with Crippen molar-refractivity contribution in [3.05, 3.63) is 35.9 Å². The van der Waals surface area contributed by atoms with Crippen LogP contribution in [0.5, 0.6) is 0 Å². The van der Waals surface area contributed by atoms with Crippen LogP contribution in [0.15, 0.2) is 30.3 Å². The fraction of sp³-hybridized carbons (Fsp3) is 0.720. The maximum absolute atomic E-state index is 12.2. The molecule has 2 atom stereocenters. The van der Waals surface area contributed by atoms with Gasteiger partial charge in [-0.1, -0.05) is 51.1 Å². The third-order valence-electron chi connectivity index (χ3n) is 7.69. The number of rotatable bonds is 6. The van der Waals surface area contributed by atoms with Crippen molar-refractivity contribution in [2.45, 2.75) is 104 Å². The molecule has 6 heteroatoms. The van der Waals surface area contributed by atoms with E-state index in [1.54, 1.807) is 6.92 Å². The first-order valence-electron chi connectivity index (χ1n) is 11.7. The van der Waals surface area contributed by atoms with Gasteiger partial charge in [-0.05, 0) is 57.8 Å². The Kier molecular flexibility index (Phi) is 6.68. The zero-order valence-electron chi connectivity index (χ0n) is 20.7. The number of nitrogens with one attached hydrogen (secondary N) is 1. The van der Waals surface area contributed by atoms with Crippen LogP contribution in [0.2, 0.25) is 6.32 Å². The number of hydrogen-bond acceptors (Lipinski definition) is 4. The zero-order chi connectivity index (χ0) is 23.1. The second kappa shape index (κ2) is 8.53. The first-order valence-corrected chi connectivity index (χ1v) is 11.7. The minimum atomic E-state index is -0.303. The van der Waals surface area contributed by atoms with Gasteiger partial charge in [0.05, 0.1) is 16.7 Å². The molecule has 1 aromatic carbocycles. The van der Waals surface area contributed by atoms with Crippen LogP contribution >= 0.6 is 0 Å². The Balaban J connectivity index is 1.78. The van der Waals surface area contributed by atoms with Crippen molar-refractivity contribution >= 4 is 13.0 Å². The molecule has 0 aromatic heterocycles. The molecular formula is C25H41BN2O3. The molecule has 172 valence electrons. The molecule has 2 fully saturated rings. The average molecular weight is 428 g/mol. The van der Waals surface area contributed by atoms with Gasteiger partial charge in [-0.25, -0.2) is 0 Å². The summed E-state index contributed by atoms with van der Waals surface area (Å²) in [6.45, 7) is 18.5. The lowest BCUT2D eigenvalue weighted by Gasteiger charge is -2.42. The maximum atomic E-state index is 12.2. The molecule has 1 N–H and O–H groups in total. The SMILES string of the molecule is CC(=O)NC1(C(C)(C)C)CC(CCB2OC(C)(C)C(C)(C)O2)N(Cc2ccccc2)C1. The quantitative estimate of drug-likeness (QED) is 0.670. The van der Waals surface area contributed by atoms with Crippen LogP contribution in [0.1, 0.15) is 73.8 Å². The van der Waals surface area contributed by atoms with E-state index in [2.05, 4.69) is 89.0 Å². The highest BCUT2D eigenvalue weighted by Crippen LogP contribution is 2.44. The number of amides is 1. The fourth-order valence-corrected chi connectivity index (χ4v) is 4.93. The first kappa shape index (κ1) is 24.3. The highest BCUT2D eigenvalue weighted by atomic mass is 16.7. The summed E-state index contributed by atoms with van der Waals surface area (Å²) in [6.07, 6.45) is 2.76. The molecule has 3 rings (SSSR count). The molecular weight excluding hydrogens is 387 g/mol. The van der Waals surface area contributed by atoms with Crippen LogP contribution in [0.3, 0.4) is 0 Å². The topological polar surface area (TPSA) is 50.8 Å². The van der Waals surface area contributed by atoms with Crippen molar-refractivity contribution in [3.8, 4) is 0 Å². The van der Waals surface area contributed by atoms with Crippen LogP contribution < -0.4 is 5.32 Å². The van der Waals surface area contributed by atoms with E-state index in [0.717, 1.165) is 32.3 Å². The Hall–Kier alpha value is -1.37. The molecule has 5 nitrogen and oxygen atoms in total. The summed E-state index contributed by atoms with van der Waals surface area (Å²) < 4.78 is 12.5. The van der Waals surface area contributed by atoms with Gasteiger partial charge in [0.1, 0.15) is 0 Å². The minimum Gasteiger partial charge on any atom is -0.403 e. The smallest absolute Gasteiger partial charge is 0.403 e. The third-order valence-corrected chi connectivity index (χ3v) is 7.69. The molecule has 0 aliphatic carbocycles. The second-order valence-corrected chi connectivity index (χ2v) is 11.5. The van der Waals surface area contributed by atoms with Gasteiger partial charge in [-0.3, -0.25) is 9.69 Å². The summed E-state index contributed by atoms with van der Waals surface area (Å²) in [5.41, 5.74) is 0.391. The predicted octanol–water partition coefficient (Wildman–Crippen LogP) is 4.66. The Morgan fingerprint density at radius 3 is 2.23 bits per heavy atom. The molecule has 2 unspecified atom stereocenters. The highest BCUT2D eigenvalue weighted by molar-refractivity contribution is 6.45. The predicted molar refractivity (Wildman–Crippen MR) is 127 cm³/mol. The molecule has 2 heterocycles. The number of carbonyl (C=O) groups is 1. The summed E-state index contributed by atoms with van der Waals surface area (Å²) in [6, 6.07) is 11.0. The number of hydrogen-bond donors (Lipinski definition) is 1. The van der Waals surface area contributed by atoms with Crippen LogP contribution in [-0.4, -0.2) is 47.3 Å². The average Bonchev–Trinajstić information content (AvgIpc) is 3.07. The molecule has 1 aromatic rings. The van der Waals surface area contributed by atoms with Crippen molar-refractivity contribution in [3.63, 3.8) is 0 Å². The Morgan fingerprint density at radius 1 is 1.13 bits per heavy atom. The van der Waals surface area contributed by atoms with Gasteiger partial charge in [-0.2, -0.15) is 0 Å². The van der Waals surface area contributed by atoms with E-state index in [0.29, 0.717) is 6.04 Å². The summed E-state index contributed by atoms with van der Waals surface area (Å²) in [7, 11) is -0.186. The number of nitrogens with zero attached hydrogens (tertiary/aromatic N) is 1. The van der Waals surface area contributed by atoms with Crippen molar-refractivity contribution < 1.29 is 14.1 Å². The fourth-order valence-electron chi connectivity index (χ4n) is 4.93. The standard InChI is InChI=1S/C25H41BN2O3/c1-19(29)27-25(22(2,3)4)16-21(28(18-25)17-20-12-10-9-11-13-20)14-15-26-30-23(5,6)24(7,8)31-26/h9-13,21H,14-18H2,1-8H3,(H,27,29). The molecule has 2 aliphatic heterocycles. The van der Waals surface area contributed by atoms with Gasteiger partial charge in [0.2, 0.25) is 5.91 Å². The van der Waals surface area contributed by atoms with Crippen LogP contribution in [0.4, 0.5) is 0 Å². The van der Waals surface area contributed by atoms with Crippen LogP contribution in [0.25, 0.3) is 0 Å². The van der Waals surface area contributed by atoms with Gasteiger partial charge >= 0.3 is 7.12 Å². The van der Waals surface area contributed by atoms with E-state index in [4.69, 9.17) is 9.31 Å². The lowest BCUT2D eigenvalue weighted by Crippen LogP contribution is -2.58. The number of likely N-dealkylation sites (tertiary alicyclic amines) is 1. The third kappa shape index (κ3) is 5.18. The van der Waals surface area contributed by atoms with E-state index in [1.165, 1.54) is 5.56 Å². The molecule has 0 spiro atoms. The first-order chi connectivity index (χ1) is 14.2. The Morgan fingerprint density at radius 2 is 1.71 bits per heavy atom. The molecule has 0 bridgehead atoms. The van der Waals surface area contributed by atoms with Crippen molar-refractivity contribution in [2.75, 3.05) is 6.54 Å². The van der Waals surface area contributed by atoms with Gasteiger partial charge in [0.25, 0.3) is 0 Å². The molecule has 31 heavy (non-hydrogen) atoms. The normalized spacial score (nSPS) is 28.1. The van der Waals surface area contributed by atoms with Crippen molar-refractivity contribution in [1.82, 2.24) is 10.2 Å². The monoisotopic (exact) mass is 428 g/mol. The maximum Gasteiger partial charge on any atom is 0.457 e. The van der Waals surface area contributed by atoms with Crippen LogP contribution in [-0.2, 0) is 20.6 Å². The van der Waals surface area contributed by atoms with E-state index in [9.17, 15) is 4.79 Å². The van der Waals surface area contributed by atoms with Gasteiger partial charge in [-0.15, -0.1) is 0 Å². The van der Waals surface area contributed by atoms with Crippen molar-refractivity contribution in [1.29, 1.82) is 0 Å². The summed E-state index contributed by atoms with van der Waals surface area (Å²) in [5.74, 6) is 0.0428. The summed E-state index contributed by atoms with van der Waals surface area (Å²) >= 11 is 0. The van der Waals surface area contributed by atoms with Crippen molar-refractivity contribution in [2.24, 2.45) is 5.41 Å². The van der Waals surface area contributed by atoms with E-state index in [1.807, 2.05) is 0 Å². The van der Waals surface area contributed by atoms with Gasteiger partial charge in [0, 0.05) is 26.1 Å². The van der Waals surface area contributed by atoms with Gasteiger partial charge < -0.3 is 14.6 Å².